The van der Waals surface area contributed by atoms with Crippen molar-refractivity contribution in [1.29, 1.82) is 0 Å². The van der Waals surface area contributed by atoms with E-state index in [1.807, 2.05) is 31.2 Å². The number of fused-ring (bicyclic) bond motifs is 4. The number of anilines is 1. The molecule has 1 spiro atoms. The lowest BCUT2D eigenvalue weighted by Gasteiger charge is -2.30. The van der Waals surface area contributed by atoms with Gasteiger partial charge in [0.15, 0.2) is 0 Å². The van der Waals surface area contributed by atoms with Crippen LogP contribution in [-0.2, 0) is 26.5 Å². The summed E-state index contributed by atoms with van der Waals surface area (Å²) in [6.45, 7) is 3.49. The summed E-state index contributed by atoms with van der Waals surface area (Å²) in [5.74, 6) is -2.42. The second-order valence-corrected chi connectivity index (χ2v) is 8.75. The fourth-order valence-corrected chi connectivity index (χ4v) is 5.54. The highest BCUT2D eigenvalue weighted by molar-refractivity contribution is 6.15. The van der Waals surface area contributed by atoms with Gasteiger partial charge in [0, 0.05) is 22.9 Å². The van der Waals surface area contributed by atoms with Crippen LogP contribution in [0.25, 0.3) is 0 Å². The zero-order chi connectivity index (χ0) is 22.8. The Morgan fingerprint density at radius 1 is 1.12 bits per heavy atom. The summed E-state index contributed by atoms with van der Waals surface area (Å²) in [6.07, 6.45) is -0.938. The van der Waals surface area contributed by atoms with Gasteiger partial charge >= 0.3 is 0 Å². The number of amides is 3. The van der Waals surface area contributed by atoms with Gasteiger partial charge in [0.25, 0.3) is 0 Å². The normalized spacial score (nSPS) is 29.3. The molecular weight excluding hydrogens is 410 g/mol. The number of aliphatic hydroxyl groups excluding tert-OH is 1. The molecule has 2 fully saturated rings. The third-order valence-electron chi connectivity index (χ3n) is 7.03. The average molecular weight is 435 g/mol. The number of nitrogens with zero attached hydrogens (tertiary/aromatic N) is 1. The van der Waals surface area contributed by atoms with Crippen molar-refractivity contribution in [3.8, 4) is 5.75 Å². The molecule has 32 heavy (non-hydrogen) atoms. The molecule has 0 aliphatic carbocycles. The number of imide groups is 1. The maximum absolute atomic E-state index is 13.7. The maximum atomic E-state index is 13.7. The molecule has 3 unspecified atom stereocenters. The van der Waals surface area contributed by atoms with Crippen LogP contribution in [0, 0.1) is 18.8 Å². The van der Waals surface area contributed by atoms with Gasteiger partial charge in [0.2, 0.25) is 17.7 Å². The van der Waals surface area contributed by atoms with Crippen molar-refractivity contribution in [2.45, 2.75) is 38.1 Å². The molecule has 3 aliphatic rings. The van der Waals surface area contributed by atoms with E-state index in [1.165, 1.54) is 12.0 Å². The molecule has 0 aromatic heterocycles. The molecule has 0 radical (unpaired) electrons. The van der Waals surface area contributed by atoms with E-state index in [2.05, 4.69) is 10.6 Å². The van der Waals surface area contributed by atoms with Gasteiger partial charge in [0.1, 0.15) is 11.3 Å². The zero-order valence-corrected chi connectivity index (χ0v) is 18.1. The highest BCUT2D eigenvalue weighted by Gasteiger charge is 2.71. The van der Waals surface area contributed by atoms with Gasteiger partial charge in [-0.25, -0.2) is 0 Å². The van der Waals surface area contributed by atoms with E-state index in [1.54, 1.807) is 25.1 Å². The Hall–Kier alpha value is -3.23. The number of carbonyl (C=O) groups excluding carboxylic acids is 3. The monoisotopic (exact) mass is 435 g/mol. The van der Waals surface area contributed by atoms with Crippen LogP contribution in [0.15, 0.2) is 42.5 Å². The minimum Gasteiger partial charge on any atom is -0.496 e. The molecule has 0 bridgehead atoms. The molecule has 8 nitrogen and oxygen atoms in total. The average Bonchev–Trinajstić information content (AvgIpc) is 3.36. The van der Waals surface area contributed by atoms with Gasteiger partial charge in [-0.1, -0.05) is 36.4 Å². The SMILES string of the molecule is COc1ccccc1CN1C(=O)[C@@H]2C(C(C)O)NC3(C(=O)Nc4c(C)cccc43)[C@@H]2C1=O. The quantitative estimate of drug-likeness (QED) is 0.625. The molecule has 3 N–H and O–H groups in total. The fraction of sp³-hybridized carbons (Fsp3) is 0.375. The summed E-state index contributed by atoms with van der Waals surface area (Å²) in [5.41, 5.74) is 1.45. The van der Waals surface area contributed by atoms with Crippen LogP contribution < -0.4 is 15.4 Å². The fourth-order valence-electron chi connectivity index (χ4n) is 5.54. The Balaban J connectivity index is 1.62. The number of hydrogen-bond acceptors (Lipinski definition) is 6. The van der Waals surface area contributed by atoms with Crippen molar-refractivity contribution in [2.75, 3.05) is 12.4 Å². The summed E-state index contributed by atoms with van der Waals surface area (Å²) < 4.78 is 5.38. The lowest BCUT2D eigenvalue weighted by molar-refractivity contribution is -0.143. The Morgan fingerprint density at radius 2 is 1.88 bits per heavy atom. The van der Waals surface area contributed by atoms with Gasteiger partial charge in [-0.05, 0) is 25.5 Å². The van der Waals surface area contributed by atoms with Gasteiger partial charge in [0.05, 0.1) is 31.6 Å². The lowest BCUT2D eigenvalue weighted by Crippen LogP contribution is -2.54. The predicted octanol–water partition coefficient (Wildman–Crippen LogP) is 1.31. The molecular formula is C24H25N3O5. The van der Waals surface area contributed by atoms with Crippen LogP contribution in [0.4, 0.5) is 5.69 Å². The molecule has 8 heteroatoms. The summed E-state index contributed by atoms with van der Waals surface area (Å²) in [7, 11) is 1.53. The predicted molar refractivity (Wildman–Crippen MR) is 116 cm³/mol. The van der Waals surface area contributed by atoms with E-state index < -0.39 is 41.3 Å². The highest BCUT2D eigenvalue weighted by Crippen LogP contribution is 2.54. The summed E-state index contributed by atoms with van der Waals surface area (Å²) >= 11 is 0. The summed E-state index contributed by atoms with van der Waals surface area (Å²) in [6, 6.07) is 12.0. The van der Waals surface area contributed by atoms with Crippen molar-refractivity contribution in [3.63, 3.8) is 0 Å². The molecule has 3 aliphatic heterocycles. The lowest BCUT2D eigenvalue weighted by atomic mass is 9.76. The van der Waals surface area contributed by atoms with Gasteiger partial charge in [-0.2, -0.15) is 0 Å². The van der Waals surface area contributed by atoms with Gasteiger partial charge < -0.3 is 15.2 Å². The zero-order valence-electron chi connectivity index (χ0n) is 18.1. The number of carbonyl (C=O) groups is 3. The van der Waals surface area contributed by atoms with E-state index in [0.717, 1.165) is 5.56 Å². The van der Waals surface area contributed by atoms with E-state index >= 15 is 0 Å². The van der Waals surface area contributed by atoms with E-state index in [-0.39, 0.29) is 12.5 Å². The van der Waals surface area contributed by atoms with Gasteiger partial charge in [-0.15, -0.1) is 0 Å². The first-order valence-electron chi connectivity index (χ1n) is 10.7. The van der Waals surface area contributed by atoms with Crippen LogP contribution in [0.2, 0.25) is 0 Å². The van der Waals surface area contributed by atoms with Crippen molar-refractivity contribution < 1.29 is 24.2 Å². The first-order chi connectivity index (χ1) is 15.3. The van der Waals surface area contributed by atoms with Crippen LogP contribution >= 0.6 is 0 Å². The Kier molecular flexibility index (Phi) is 4.61. The number of hydrogen-bond donors (Lipinski definition) is 3. The second kappa shape index (κ2) is 7.15. The van der Waals surface area contributed by atoms with Crippen molar-refractivity contribution in [3.05, 3.63) is 59.2 Å². The van der Waals surface area contributed by atoms with Crippen molar-refractivity contribution >= 4 is 23.4 Å². The molecule has 2 saturated heterocycles. The standard InChI is InChI=1S/C24H25N3O5/c1-12-7-6-9-15-19(12)25-23(31)24(15)18-17(20(26-24)13(2)28)21(29)27(22(18)30)11-14-8-4-5-10-16(14)32-3/h4-10,13,17-18,20,26,28H,11H2,1-3H3,(H,25,31)/t13?,17-,18-,20?,24?/m0/s1. The topological polar surface area (TPSA) is 108 Å². The summed E-state index contributed by atoms with van der Waals surface area (Å²) in [5, 5.41) is 16.6. The van der Waals surface area contributed by atoms with Crippen LogP contribution in [-0.4, -0.2) is 47.0 Å². The van der Waals surface area contributed by atoms with E-state index in [9.17, 15) is 19.5 Å². The van der Waals surface area contributed by atoms with Gasteiger partial charge in [-0.3, -0.25) is 24.6 Å². The highest BCUT2D eigenvalue weighted by atomic mass is 16.5. The minimum absolute atomic E-state index is 0.0413. The first-order valence-corrected chi connectivity index (χ1v) is 10.7. The molecule has 5 atom stereocenters. The number of benzene rings is 2. The molecule has 2 aromatic carbocycles. The minimum atomic E-state index is -1.41. The maximum Gasteiger partial charge on any atom is 0.250 e. The molecule has 3 amide bonds. The number of aryl methyl sites for hydroxylation is 1. The number of likely N-dealkylation sites (tertiary alicyclic amines) is 1. The van der Waals surface area contributed by atoms with Crippen LogP contribution in [0.5, 0.6) is 5.75 Å². The number of para-hydroxylation sites is 2. The molecule has 166 valence electrons. The van der Waals surface area contributed by atoms with Crippen molar-refractivity contribution in [1.82, 2.24) is 10.2 Å². The number of methoxy groups -OCH3 is 1. The Bertz CT molecular complexity index is 1150. The second-order valence-electron chi connectivity index (χ2n) is 8.75. The summed E-state index contributed by atoms with van der Waals surface area (Å²) in [4.78, 5) is 41.8. The third kappa shape index (κ3) is 2.59. The number of nitrogens with one attached hydrogen (secondary N) is 2. The molecule has 5 rings (SSSR count). The van der Waals surface area contributed by atoms with Crippen molar-refractivity contribution in [2.24, 2.45) is 11.8 Å². The Morgan fingerprint density at radius 3 is 2.59 bits per heavy atom. The number of ether oxygens (including phenoxy) is 1. The largest absolute Gasteiger partial charge is 0.496 e. The van der Waals surface area contributed by atoms with Crippen LogP contribution in [0.1, 0.15) is 23.6 Å². The van der Waals surface area contributed by atoms with E-state index in [4.69, 9.17) is 4.74 Å². The smallest absolute Gasteiger partial charge is 0.250 e. The number of rotatable bonds is 4. The van der Waals surface area contributed by atoms with Crippen LogP contribution in [0.3, 0.4) is 0 Å². The molecule has 3 heterocycles. The Labute approximate surface area is 185 Å². The number of aliphatic hydroxyl groups is 1. The van der Waals surface area contributed by atoms with E-state index in [0.29, 0.717) is 22.6 Å². The third-order valence-corrected chi connectivity index (χ3v) is 7.03. The molecule has 0 saturated carbocycles. The first kappa shape index (κ1) is 20.7. The molecule has 2 aromatic rings.